The molecule has 1 amide bonds. The highest BCUT2D eigenvalue weighted by Gasteiger charge is 2.22. The smallest absolute Gasteiger partial charge is 0.251 e. The molecule has 0 bridgehead atoms. The SMILES string of the molecule is CCOc1ccc(C(=O)NCCc2ccc(S(=O)(=O)NC3CCCC3)cc2)cc1. The van der Waals surface area contributed by atoms with E-state index >= 15 is 0 Å². The van der Waals surface area contributed by atoms with Crippen molar-refractivity contribution in [1.29, 1.82) is 0 Å². The van der Waals surface area contributed by atoms with Gasteiger partial charge in [-0.05, 0) is 68.1 Å². The van der Waals surface area contributed by atoms with Gasteiger partial charge in [-0.15, -0.1) is 0 Å². The zero-order valence-corrected chi connectivity index (χ0v) is 17.5. The Morgan fingerprint density at radius 1 is 1.03 bits per heavy atom. The second-order valence-electron chi connectivity index (χ2n) is 7.21. The number of carbonyl (C=O) groups is 1. The highest BCUT2D eigenvalue weighted by atomic mass is 32.2. The minimum Gasteiger partial charge on any atom is -0.494 e. The Kier molecular flexibility index (Phi) is 7.28. The largest absolute Gasteiger partial charge is 0.494 e. The first-order valence-corrected chi connectivity index (χ1v) is 11.6. The molecule has 3 rings (SSSR count). The van der Waals surface area contributed by atoms with Gasteiger partial charge in [-0.1, -0.05) is 25.0 Å². The predicted molar refractivity (Wildman–Crippen MR) is 113 cm³/mol. The number of hydrogen-bond donors (Lipinski definition) is 2. The quantitative estimate of drug-likeness (QED) is 0.657. The molecule has 2 aromatic carbocycles. The third kappa shape index (κ3) is 6.05. The van der Waals surface area contributed by atoms with Crippen LogP contribution in [0.25, 0.3) is 0 Å². The third-order valence-electron chi connectivity index (χ3n) is 5.04. The van der Waals surface area contributed by atoms with Crippen LogP contribution in [0.2, 0.25) is 0 Å². The molecular weight excluding hydrogens is 388 g/mol. The molecule has 0 heterocycles. The van der Waals surface area contributed by atoms with Crippen LogP contribution in [0.3, 0.4) is 0 Å². The molecule has 156 valence electrons. The Bertz CT molecular complexity index is 903. The molecule has 1 aliphatic carbocycles. The number of ether oxygens (including phenoxy) is 1. The van der Waals surface area contributed by atoms with Crippen molar-refractivity contribution in [2.24, 2.45) is 0 Å². The molecule has 2 aromatic rings. The van der Waals surface area contributed by atoms with E-state index in [2.05, 4.69) is 10.0 Å². The van der Waals surface area contributed by atoms with Gasteiger partial charge < -0.3 is 10.1 Å². The van der Waals surface area contributed by atoms with Crippen molar-refractivity contribution in [3.8, 4) is 5.75 Å². The zero-order chi connectivity index (χ0) is 20.7. The minimum absolute atomic E-state index is 0.0532. The molecule has 6 nitrogen and oxygen atoms in total. The molecule has 1 saturated carbocycles. The highest BCUT2D eigenvalue weighted by molar-refractivity contribution is 7.89. The first-order valence-electron chi connectivity index (χ1n) is 10.1. The van der Waals surface area contributed by atoms with Gasteiger partial charge in [0.25, 0.3) is 5.91 Å². The van der Waals surface area contributed by atoms with Crippen molar-refractivity contribution in [2.45, 2.75) is 50.0 Å². The molecule has 0 saturated heterocycles. The predicted octanol–water partition coefficient (Wildman–Crippen LogP) is 3.28. The summed E-state index contributed by atoms with van der Waals surface area (Å²) in [7, 11) is -3.47. The van der Waals surface area contributed by atoms with Crippen molar-refractivity contribution in [2.75, 3.05) is 13.2 Å². The Balaban J connectivity index is 1.49. The number of nitrogens with one attached hydrogen (secondary N) is 2. The Labute approximate surface area is 172 Å². The van der Waals surface area contributed by atoms with Crippen LogP contribution in [0.15, 0.2) is 53.4 Å². The van der Waals surface area contributed by atoms with Gasteiger partial charge in [0.05, 0.1) is 11.5 Å². The number of carbonyl (C=O) groups excluding carboxylic acids is 1. The van der Waals surface area contributed by atoms with Crippen molar-refractivity contribution >= 4 is 15.9 Å². The summed E-state index contributed by atoms with van der Waals surface area (Å²) < 4.78 is 33.1. The van der Waals surface area contributed by atoms with Gasteiger partial charge in [-0.25, -0.2) is 13.1 Å². The first-order chi connectivity index (χ1) is 14.0. The van der Waals surface area contributed by atoms with E-state index in [1.54, 1.807) is 48.5 Å². The Hall–Kier alpha value is -2.38. The third-order valence-corrected chi connectivity index (χ3v) is 6.57. The molecule has 7 heteroatoms. The molecule has 0 aromatic heterocycles. The topological polar surface area (TPSA) is 84.5 Å². The second-order valence-corrected chi connectivity index (χ2v) is 8.92. The summed E-state index contributed by atoms with van der Waals surface area (Å²) in [5.74, 6) is 0.592. The number of amides is 1. The standard InChI is InChI=1S/C22H28N2O4S/c1-2-28-20-11-9-18(10-12-20)22(25)23-16-15-17-7-13-21(14-8-17)29(26,27)24-19-5-3-4-6-19/h7-14,19,24H,2-6,15-16H2,1H3,(H,23,25). The maximum absolute atomic E-state index is 12.4. The summed E-state index contributed by atoms with van der Waals surface area (Å²) in [5, 5.41) is 2.88. The van der Waals surface area contributed by atoms with E-state index in [9.17, 15) is 13.2 Å². The molecule has 0 aliphatic heterocycles. The normalized spacial score (nSPS) is 14.7. The number of benzene rings is 2. The molecule has 1 aliphatic rings. The zero-order valence-electron chi connectivity index (χ0n) is 16.7. The van der Waals surface area contributed by atoms with Crippen LogP contribution in [0, 0.1) is 0 Å². The molecule has 0 spiro atoms. The molecule has 29 heavy (non-hydrogen) atoms. The van der Waals surface area contributed by atoms with Gasteiger partial charge in [0, 0.05) is 18.2 Å². The lowest BCUT2D eigenvalue weighted by atomic mass is 10.1. The van der Waals surface area contributed by atoms with E-state index in [4.69, 9.17) is 4.74 Å². The summed E-state index contributed by atoms with van der Waals surface area (Å²) in [6.07, 6.45) is 4.60. The first kappa shape index (κ1) is 21.3. The highest BCUT2D eigenvalue weighted by Crippen LogP contribution is 2.20. The van der Waals surface area contributed by atoms with Crippen molar-refractivity contribution in [3.63, 3.8) is 0 Å². The van der Waals surface area contributed by atoms with Gasteiger partial charge in [0.1, 0.15) is 5.75 Å². The summed E-state index contributed by atoms with van der Waals surface area (Å²) in [5.41, 5.74) is 1.55. The minimum atomic E-state index is -3.47. The van der Waals surface area contributed by atoms with Crippen LogP contribution in [0.5, 0.6) is 5.75 Å². The summed E-state index contributed by atoms with van der Waals surface area (Å²) in [6.45, 7) is 2.97. The monoisotopic (exact) mass is 416 g/mol. The van der Waals surface area contributed by atoms with Crippen LogP contribution < -0.4 is 14.8 Å². The van der Waals surface area contributed by atoms with Gasteiger partial charge in [0.2, 0.25) is 10.0 Å². The van der Waals surface area contributed by atoms with Crippen LogP contribution >= 0.6 is 0 Å². The fourth-order valence-corrected chi connectivity index (χ4v) is 4.76. The average molecular weight is 417 g/mol. The lowest BCUT2D eigenvalue weighted by Crippen LogP contribution is -2.32. The number of sulfonamides is 1. The molecule has 2 N–H and O–H groups in total. The average Bonchev–Trinajstić information content (AvgIpc) is 3.21. The van der Waals surface area contributed by atoms with E-state index in [1.165, 1.54) is 0 Å². The van der Waals surface area contributed by atoms with Gasteiger partial charge >= 0.3 is 0 Å². The maximum Gasteiger partial charge on any atom is 0.251 e. The lowest BCUT2D eigenvalue weighted by molar-refractivity contribution is 0.0954. The van der Waals surface area contributed by atoms with Gasteiger partial charge in [-0.3, -0.25) is 4.79 Å². The van der Waals surface area contributed by atoms with E-state index < -0.39 is 10.0 Å². The van der Waals surface area contributed by atoms with Crippen molar-refractivity contribution in [1.82, 2.24) is 10.0 Å². The van der Waals surface area contributed by atoms with Crippen LogP contribution in [0.4, 0.5) is 0 Å². The molecule has 0 radical (unpaired) electrons. The van der Waals surface area contributed by atoms with E-state index in [0.717, 1.165) is 37.0 Å². The van der Waals surface area contributed by atoms with Gasteiger partial charge in [0.15, 0.2) is 0 Å². The van der Waals surface area contributed by atoms with Gasteiger partial charge in [-0.2, -0.15) is 0 Å². The second kappa shape index (κ2) is 9.89. The van der Waals surface area contributed by atoms with Crippen LogP contribution in [-0.4, -0.2) is 33.5 Å². The van der Waals surface area contributed by atoms with Crippen LogP contribution in [0.1, 0.15) is 48.5 Å². The fraction of sp³-hybridized carbons (Fsp3) is 0.409. The lowest BCUT2D eigenvalue weighted by Gasteiger charge is -2.13. The summed E-state index contributed by atoms with van der Waals surface area (Å²) in [6, 6.07) is 13.9. The van der Waals surface area contributed by atoms with Crippen molar-refractivity contribution in [3.05, 3.63) is 59.7 Å². The van der Waals surface area contributed by atoms with E-state index in [-0.39, 0.29) is 16.8 Å². The molecule has 0 atom stereocenters. The Morgan fingerprint density at radius 3 is 2.31 bits per heavy atom. The maximum atomic E-state index is 12.4. The summed E-state index contributed by atoms with van der Waals surface area (Å²) in [4.78, 5) is 12.5. The number of hydrogen-bond acceptors (Lipinski definition) is 4. The Morgan fingerprint density at radius 2 is 1.69 bits per heavy atom. The van der Waals surface area contributed by atoms with Crippen molar-refractivity contribution < 1.29 is 17.9 Å². The van der Waals surface area contributed by atoms with Crippen LogP contribution in [-0.2, 0) is 16.4 Å². The molecule has 1 fully saturated rings. The summed E-state index contributed by atoms with van der Waals surface area (Å²) >= 11 is 0. The molecular formula is C22H28N2O4S. The fourth-order valence-electron chi connectivity index (χ4n) is 3.46. The number of rotatable bonds is 9. The molecule has 0 unspecified atom stereocenters. The van der Waals surface area contributed by atoms with E-state index in [1.807, 2.05) is 6.92 Å². The van der Waals surface area contributed by atoms with E-state index in [0.29, 0.717) is 25.1 Å².